The van der Waals surface area contributed by atoms with Gasteiger partial charge in [0.05, 0.1) is 12.8 Å². The van der Waals surface area contributed by atoms with Gasteiger partial charge in [-0.3, -0.25) is 9.59 Å². The van der Waals surface area contributed by atoms with Crippen molar-refractivity contribution in [3.8, 4) is 5.75 Å². The third-order valence-corrected chi connectivity index (χ3v) is 4.04. The van der Waals surface area contributed by atoms with Crippen LogP contribution in [0, 0.1) is 6.92 Å². The second-order valence-corrected chi connectivity index (χ2v) is 6.21. The first-order chi connectivity index (χ1) is 13.0. The molecule has 6 nitrogen and oxygen atoms in total. The van der Waals surface area contributed by atoms with Crippen molar-refractivity contribution in [3.63, 3.8) is 0 Å². The Morgan fingerprint density at radius 3 is 2.48 bits per heavy atom. The second kappa shape index (κ2) is 10.3. The van der Waals surface area contributed by atoms with E-state index in [0.29, 0.717) is 17.3 Å². The van der Waals surface area contributed by atoms with Crippen LogP contribution in [0.1, 0.15) is 30.9 Å². The zero-order chi connectivity index (χ0) is 19.6. The maximum absolute atomic E-state index is 11.9. The number of amides is 2. The van der Waals surface area contributed by atoms with E-state index in [2.05, 4.69) is 15.8 Å². The highest BCUT2D eigenvalue weighted by Crippen LogP contribution is 2.20. The first-order valence-electron chi connectivity index (χ1n) is 8.58. The predicted octanol–water partition coefficient (Wildman–Crippen LogP) is 3.92. The van der Waals surface area contributed by atoms with E-state index in [1.807, 2.05) is 44.2 Å². The largest absolute Gasteiger partial charge is 0.494 e. The molecule has 0 saturated carbocycles. The lowest BCUT2D eigenvalue weighted by Gasteiger charge is -2.06. The zero-order valence-corrected chi connectivity index (χ0v) is 16.0. The third kappa shape index (κ3) is 7.11. The van der Waals surface area contributed by atoms with Gasteiger partial charge in [-0.15, -0.1) is 0 Å². The van der Waals surface area contributed by atoms with Crippen LogP contribution in [0.25, 0.3) is 0 Å². The first kappa shape index (κ1) is 20.5. The second-order valence-electron chi connectivity index (χ2n) is 5.81. The summed E-state index contributed by atoms with van der Waals surface area (Å²) in [5, 5.41) is 7.17. The van der Waals surface area contributed by atoms with E-state index in [1.54, 1.807) is 12.1 Å². The van der Waals surface area contributed by atoms with Crippen molar-refractivity contribution in [2.24, 2.45) is 5.10 Å². The molecule has 0 bridgehead atoms. The molecular formula is C20H22ClN3O3. The number of carbonyl (C=O) groups is 2. The van der Waals surface area contributed by atoms with Gasteiger partial charge in [0.1, 0.15) is 5.75 Å². The van der Waals surface area contributed by atoms with E-state index in [9.17, 15) is 9.59 Å². The van der Waals surface area contributed by atoms with Gasteiger partial charge >= 0.3 is 0 Å². The number of benzene rings is 2. The minimum atomic E-state index is -0.339. The Bertz CT molecular complexity index is 820. The molecule has 0 radical (unpaired) electrons. The molecule has 142 valence electrons. The van der Waals surface area contributed by atoms with E-state index in [1.165, 1.54) is 6.21 Å². The fourth-order valence-electron chi connectivity index (χ4n) is 2.17. The molecule has 0 aliphatic heterocycles. The summed E-state index contributed by atoms with van der Waals surface area (Å²) in [6, 6.07) is 12.6. The van der Waals surface area contributed by atoms with Gasteiger partial charge < -0.3 is 10.1 Å². The fourth-order valence-corrected chi connectivity index (χ4v) is 2.35. The number of rotatable bonds is 8. The zero-order valence-electron chi connectivity index (χ0n) is 15.3. The highest BCUT2D eigenvalue weighted by atomic mass is 35.5. The van der Waals surface area contributed by atoms with Crippen molar-refractivity contribution < 1.29 is 14.3 Å². The van der Waals surface area contributed by atoms with E-state index >= 15 is 0 Å². The lowest BCUT2D eigenvalue weighted by Crippen LogP contribution is -2.20. The molecule has 2 rings (SSSR count). The van der Waals surface area contributed by atoms with Crippen LogP contribution in [0.2, 0.25) is 5.02 Å². The number of anilines is 1. The molecule has 0 atom stereocenters. The van der Waals surface area contributed by atoms with Crippen LogP contribution in [0.3, 0.4) is 0 Å². The number of ether oxygens (including phenoxy) is 1. The van der Waals surface area contributed by atoms with E-state index in [-0.39, 0.29) is 24.7 Å². The van der Waals surface area contributed by atoms with Crippen LogP contribution in [0.4, 0.5) is 5.69 Å². The lowest BCUT2D eigenvalue weighted by molar-refractivity contribution is -0.124. The Labute approximate surface area is 163 Å². The van der Waals surface area contributed by atoms with Crippen molar-refractivity contribution in [2.45, 2.75) is 26.7 Å². The summed E-state index contributed by atoms with van der Waals surface area (Å²) in [6.07, 6.45) is 1.62. The molecule has 2 amide bonds. The summed E-state index contributed by atoms with van der Waals surface area (Å²) in [6.45, 7) is 4.40. The maximum Gasteiger partial charge on any atom is 0.240 e. The Balaban J connectivity index is 1.73. The normalized spacial score (nSPS) is 10.6. The van der Waals surface area contributed by atoms with Crippen LogP contribution in [-0.4, -0.2) is 24.6 Å². The van der Waals surface area contributed by atoms with Gasteiger partial charge in [-0.25, -0.2) is 5.43 Å². The molecule has 2 aromatic rings. The maximum atomic E-state index is 11.9. The molecule has 7 heteroatoms. The molecule has 0 aromatic heterocycles. The summed E-state index contributed by atoms with van der Waals surface area (Å²) >= 11 is 6.02. The summed E-state index contributed by atoms with van der Waals surface area (Å²) in [5.74, 6) is 0.175. The molecule has 0 aliphatic carbocycles. The quantitative estimate of drug-likeness (QED) is 0.532. The number of aryl methyl sites for hydroxylation is 1. The lowest BCUT2D eigenvalue weighted by atomic mass is 10.2. The van der Waals surface area contributed by atoms with Crippen molar-refractivity contribution in [3.05, 3.63) is 58.6 Å². The summed E-state index contributed by atoms with van der Waals surface area (Å²) in [4.78, 5) is 23.7. The number of hydrogen-bond acceptors (Lipinski definition) is 4. The van der Waals surface area contributed by atoms with E-state index < -0.39 is 0 Å². The third-order valence-electron chi connectivity index (χ3n) is 3.63. The molecule has 0 spiro atoms. The summed E-state index contributed by atoms with van der Waals surface area (Å²) in [7, 11) is 0. The summed E-state index contributed by atoms with van der Waals surface area (Å²) in [5.41, 5.74) is 4.76. The number of nitrogens with one attached hydrogen (secondary N) is 2. The van der Waals surface area contributed by atoms with Gasteiger partial charge in [-0.05, 0) is 61.4 Å². The van der Waals surface area contributed by atoms with E-state index in [0.717, 1.165) is 16.9 Å². The smallest absolute Gasteiger partial charge is 0.240 e. The van der Waals surface area contributed by atoms with Gasteiger partial charge in [0.25, 0.3) is 0 Å². The molecule has 2 aromatic carbocycles. The standard InChI is InChI=1S/C20H22ClN3O3/c1-3-27-17-8-5-15(6-9-17)13-22-24-20(26)11-10-19(25)23-16-7-4-14(2)18(21)12-16/h4-9,12-13H,3,10-11H2,1-2H3,(H,23,25)(H,24,26). The van der Waals surface area contributed by atoms with Crippen molar-refractivity contribution in [1.29, 1.82) is 0 Å². The monoisotopic (exact) mass is 387 g/mol. The fraction of sp³-hybridized carbons (Fsp3) is 0.250. The molecule has 0 unspecified atom stereocenters. The van der Waals surface area contributed by atoms with Crippen LogP contribution in [0.5, 0.6) is 5.75 Å². The van der Waals surface area contributed by atoms with Crippen molar-refractivity contribution >= 4 is 35.3 Å². The van der Waals surface area contributed by atoms with Gasteiger partial charge in [0.2, 0.25) is 11.8 Å². The number of nitrogens with zero attached hydrogens (tertiary/aromatic N) is 1. The van der Waals surface area contributed by atoms with Crippen LogP contribution < -0.4 is 15.5 Å². The Morgan fingerprint density at radius 1 is 1.11 bits per heavy atom. The van der Waals surface area contributed by atoms with E-state index in [4.69, 9.17) is 16.3 Å². The average molecular weight is 388 g/mol. The van der Waals surface area contributed by atoms with Gasteiger partial charge in [-0.1, -0.05) is 17.7 Å². The molecule has 0 heterocycles. The highest BCUT2D eigenvalue weighted by molar-refractivity contribution is 6.31. The van der Waals surface area contributed by atoms with Crippen molar-refractivity contribution in [1.82, 2.24) is 5.43 Å². The first-order valence-corrected chi connectivity index (χ1v) is 8.96. The number of halogens is 1. The highest BCUT2D eigenvalue weighted by Gasteiger charge is 2.07. The van der Waals surface area contributed by atoms with Gasteiger partial charge in [0.15, 0.2) is 0 Å². The molecule has 0 saturated heterocycles. The minimum Gasteiger partial charge on any atom is -0.494 e. The number of hydrogen-bond donors (Lipinski definition) is 2. The molecule has 0 fully saturated rings. The molecule has 0 aliphatic rings. The van der Waals surface area contributed by atoms with Gasteiger partial charge in [0, 0.05) is 23.6 Å². The van der Waals surface area contributed by atoms with Crippen molar-refractivity contribution in [2.75, 3.05) is 11.9 Å². The molecule has 27 heavy (non-hydrogen) atoms. The number of hydrazone groups is 1. The Hall–Kier alpha value is -2.86. The topological polar surface area (TPSA) is 79.8 Å². The van der Waals surface area contributed by atoms with Gasteiger partial charge in [-0.2, -0.15) is 5.10 Å². The predicted molar refractivity (Wildman–Crippen MR) is 107 cm³/mol. The van der Waals surface area contributed by atoms with Crippen LogP contribution >= 0.6 is 11.6 Å². The van der Waals surface area contributed by atoms with Crippen LogP contribution in [0.15, 0.2) is 47.6 Å². The Kier molecular flexibility index (Phi) is 7.82. The molecule has 2 N–H and O–H groups in total. The van der Waals surface area contributed by atoms with Crippen LogP contribution in [-0.2, 0) is 9.59 Å². The SMILES string of the molecule is CCOc1ccc(C=NNC(=O)CCC(=O)Nc2ccc(C)c(Cl)c2)cc1. The summed E-state index contributed by atoms with van der Waals surface area (Å²) < 4.78 is 5.35. The number of carbonyl (C=O) groups excluding carboxylic acids is 2. The average Bonchev–Trinajstić information content (AvgIpc) is 2.65. The molecular weight excluding hydrogens is 366 g/mol. The minimum absolute atomic E-state index is 0.0338. The Morgan fingerprint density at radius 2 is 1.81 bits per heavy atom.